The molecule has 1 unspecified atom stereocenters. The lowest BCUT2D eigenvalue weighted by Crippen LogP contribution is -2.39. The van der Waals surface area contributed by atoms with Gasteiger partial charge in [0.1, 0.15) is 0 Å². The van der Waals surface area contributed by atoms with Crippen LogP contribution in [-0.4, -0.2) is 35.8 Å². The van der Waals surface area contributed by atoms with Crippen molar-refractivity contribution in [1.82, 2.24) is 10.2 Å². The van der Waals surface area contributed by atoms with Crippen molar-refractivity contribution in [3.63, 3.8) is 0 Å². The molecule has 1 fully saturated rings. The van der Waals surface area contributed by atoms with Gasteiger partial charge in [0.05, 0.1) is 12.5 Å². The molecule has 1 saturated heterocycles. The molecule has 2 aliphatic rings. The van der Waals surface area contributed by atoms with Crippen LogP contribution in [0.3, 0.4) is 0 Å². The second-order valence-corrected chi connectivity index (χ2v) is 5.10. The molecule has 18 heavy (non-hydrogen) atoms. The van der Waals surface area contributed by atoms with Gasteiger partial charge in [-0.1, -0.05) is 18.6 Å². The van der Waals surface area contributed by atoms with E-state index >= 15 is 0 Å². The number of amides is 2. The zero-order valence-electron chi connectivity index (χ0n) is 11.1. The fraction of sp³-hybridized carbons (Fsp3) is 0.714. The maximum absolute atomic E-state index is 12.0. The first kappa shape index (κ1) is 13.3. The summed E-state index contributed by atoms with van der Waals surface area (Å²) < 4.78 is 0. The van der Waals surface area contributed by atoms with Crippen LogP contribution in [0.1, 0.15) is 45.4 Å². The van der Waals surface area contributed by atoms with Gasteiger partial charge in [-0.25, -0.2) is 0 Å². The molecule has 0 aromatic heterocycles. The summed E-state index contributed by atoms with van der Waals surface area (Å²) in [4.78, 5) is 25.0. The Morgan fingerprint density at radius 2 is 2.28 bits per heavy atom. The minimum atomic E-state index is -0.286. The van der Waals surface area contributed by atoms with Crippen LogP contribution in [0, 0.1) is 0 Å². The summed E-state index contributed by atoms with van der Waals surface area (Å²) in [5, 5.41) is 3.22. The van der Waals surface area contributed by atoms with E-state index in [1.165, 1.54) is 29.7 Å². The number of rotatable bonds is 6. The smallest absolute Gasteiger partial charge is 0.246 e. The summed E-state index contributed by atoms with van der Waals surface area (Å²) in [5.41, 5.74) is 1.49. The third kappa shape index (κ3) is 2.99. The molecule has 1 aliphatic carbocycles. The Morgan fingerprint density at radius 3 is 2.94 bits per heavy atom. The van der Waals surface area contributed by atoms with Crippen LogP contribution in [0.4, 0.5) is 0 Å². The van der Waals surface area contributed by atoms with Crippen molar-refractivity contribution < 1.29 is 9.59 Å². The Labute approximate surface area is 108 Å². The molecule has 4 heteroatoms. The summed E-state index contributed by atoms with van der Waals surface area (Å²) in [6, 6.07) is -0.286. The average molecular weight is 250 g/mol. The second kappa shape index (κ2) is 6.14. The third-order valence-corrected chi connectivity index (χ3v) is 3.66. The van der Waals surface area contributed by atoms with E-state index in [0.717, 1.165) is 19.4 Å². The molecule has 1 atom stereocenters. The first-order valence-corrected chi connectivity index (χ1v) is 6.98. The van der Waals surface area contributed by atoms with Gasteiger partial charge in [-0.3, -0.25) is 14.5 Å². The quantitative estimate of drug-likeness (QED) is 0.575. The van der Waals surface area contributed by atoms with Gasteiger partial charge in [-0.15, -0.1) is 0 Å². The van der Waals surface area contributed by atoms with Gasteiger partial charge in [0.15, 0.2) is 0 Å². The van der Waals surface area contributed by atoms with Crippen LogP contribution in [-0.2, 0) is 9.59 Å². The second-order valence-electron chi connectivity index (χ2n) is 5.10. The lowest BCUT2D eigenvalue weighted by molar-refractivity contribution is -0.138. The predicted molar refractivity (Wildman–Crippen MR) is 70.0 cm³/mol. The SMILES string of the molecule is CCCN1C(=O)CC(NCCC2=CCCC2)C1=O. The van der Waals surface area contributed by atoms with Crippen LogP contribution in [0.25, 0.3) is 0 Å². The number of likely N-dealkylation sites (tertiary alicyclic amines) is 1. The highest BCUT2D eigenvalue weighted by molar-refractivity contribution is 6.05. The molecule has 0 radical (unpaired) electrons. The highest BCUT2D eigenvalue weighted by Gasteiger charge is 2.37. The standard InChI is InChI=1S/C14H22N2O2/c1-2-9-16-13(17)10-12(14(16)18)15-8-7-11-5-3-4-6-11/h5,12,15H,2-4,6-10H2,1H3. The Hall–Kier alpha value is -1.16. The molecule has 0 aromatic rings. The predicted octanol–water partition coefficient (Wildman–Crippen LogP) is 1.61. The topological polar surface area (TPSA) is 49.4 Å². The van der Waals surface area contributed by atoms with E-state index in [9.17, 15) is 9.59 Å². The van der Waals surface area contributed by atoms with Crippen molar-refractivity contribution in [2.75, 3.05) is 13.1 Å². The molecule has 1 N–H and O–H groups in total. The molecular weight excluding hydrogens is 228 g/mol. The minimum Gasteiger partial charge on any atom is -0.305 e. The number of allylic oxidation sites excluding steroid dienone is 1. The van der Waals surface area contributed by atoms with Crippen LogP contribution < -0.4 is 5.32 Å². The zero-order chi connectivity index (χ0) is 13.0. The van der Waals surface area contributed by atoms with E-state index < -0.39 is 0 Å². The van der Waals surface area contributed by atoms with Crippen molar-refractivity contribution in [1.29, 1.82) is 0 Å². The van der Waals surface area contributed by atoms with E-state index in [1.807, 2.05) is 6.92 Å². The number of imide groups is 1. The van der Waals surface area contributed by atoms with E-state index in [0.29, 0.717) is 13.0 Å². The molecule has 0 saturated carbocycles. The maximum Gasteiger partial charge on any atom is 0.246 e. The number of carbonyl (C=O) groups excluding carboxylic acids is 2. The molecule has 0 bridgehead atoms. The fourth-order valence-corrected chi connectivity index (χ4v) is 2.67. The van der Waals surface area contributed by atoms with Crippen LogP contribution >= 0.6 is 0 Å². The summed E-state index contributed by atoms with van der Waals surface area (Å²) in [7, 11) is 0. The van der Waals surface area contributed by atoms with Crippen molar-refractivity contribution in [3.8, 4) is 0 Å². The summed E-state index contributed by atoms with van der Waals surface area (Å²) in [6.45, 7) is 3.34. The highest BCUT2D eigenvalue weighted by atomic mass is 16.2. The molecule has 2 amide bonds. The van der Waals surface area contributed by atoms with Gasteiger partial charge in [0.25, 0.3) is 0 Å². The fourth-order valence-electron chi connectivity index (χ4n) is 2.67. The van der Waals surface area contributed by atoms with Gasteiger partial charge in [-0.2, -0.15) is 0 Å². The highest BCUT2D eigenvalue weighted by Crippen LogP contribution is 2.20. The van der Waals surface area contributed by atoms with Gasteiger partial charge in [-0.05, 0) is 38.6 Å². The van der Waals surface area contributed by atoms with Crippen molar-refractivity contribution in [3.05, 3.63) is 11.6 Å². The molecule has 4 nitrogen and oxygen atoms in total. The number of hydrogen-bond donors (Lipinski definition) is 1. The van der Waals surface area contributed by atoms with E-state index in [2.05, 4.69) is 11.4 Å². The van der Waals surface area contributed by atoms with Crippen molar-refractivity contribution in [2.45, 2.75) is 51.5 Å². The van der Waals surface area contributed by atoms with E-state index in [4.69, 9.17) is 0 Å². The molecule has 0 aromatic carbocycles. The third-order valence-electron chi connectivity index (χ3n) is 3.66. The average Bonchev–Trinajstić information content (AvgIpc) is 2.94. The van der Waals surface area contributed by atoms with Gasteiger partial charge in [0, 0.05) is 6.54 Å². The first-order valence-electron chi connectivity index (χ1n) is 6.98. The molecule has 2 rings (SSSR count). The van der Waals surface area contributed by atoms with Crippen molar-refractivity contribution in [2.24, 2.45) is 0 Å². The van der Waals surface area contributed by atoms with Gasteiger partial charge in [0.2, 0.25) is 11.8 Å². The Kier molecular flexibility index (Phi) is 4.53. The van der Waals surface area contributed by atoms with Crippen molar-refractivity contribution >= 4 is 11.8 Å². The van der Waals surface area contributed by atoms with E-state index in [-0.39, 0.29) is 17.9 Å². The van der Waals surface area contributed by atoms with Crippen LogP contribution in [0.2, 0.25) is 0 Å². The molecule has 0 spiro atoms. The monoisotopic (exact) mass is 250 g/mol. The number of carbonyl (C=O) groups is 2. The maximum atomic E-state index is 12.0. The largest absolute Gasteiger partial charge is 0.305 e. The van der Waals surface area contributed by atoms with Gasteiger partial charge >= 0.3 is 0 Å². The number of nitrogens with one attached hydrogen (secondary N) is 1. The first-order chi connectivity index (χ1) is 8.72. The summed E-state index contributed by atoms with van der Waals surface area (Å²) in [5.74, 6) is -0.0679. The number of nitrogens with zero attached hydrogens (tertiary/aromatic N) is 1. The van der Waals surface area contributed by atoms with Crippen LogP contribution in [0.5, 0.6) is 0 Å². The van der Waals surface area contributed by atoms with E-state index in [1.54, 1.807) is 0 Å². The summed E-state index contributed by atoms with van der Waals surface area (Å²) in [6.07, 6.45) is 8.12. The normalized spacial score (nSPS) is 23.9. The zero-order valence-corrected chi connectivity index (χ0v) is 11.1. The minimum absolute atomic E-state index is 0.0283. The summed E-state index contributed by atoms with van der Waals surface area (Å²) >= 11 is 0. The van der Waals surface area contributed by atoms with Gasteiger partial charge < -0.3 is 5.32 Å². The molecular formula is C14H22N2O2. The molecule has 1 aliphatic heterocycles. The lowest BCUT2D eigenvalue weighted by Gasteiger charge is -2.14. The number of hydrogen-bond acceptors (Lipinski definition) is 3. The Bertz CT molecular complexity index is 363. The molecule has 1 heterocycles. The molecule has 100 valence electrons. The Morgan fingerprint density at radius 1 is 1.44 bits per heavy atom. The van der Waals surface area contributed by atoms with Crippen LogP contribution in [0.15, 0.2) is 11.6 Å². The Balaban J connectivity index is 1.76. The lowest BCUT2D eigenvalue weighted by atomic mass is 10.1.